The molecule has 2 amide bonds. The van der Waals surface area contributed by atoms with Gasteiger partial charge in [-0.2, -0.15) is 11.3 Å². The van der Waals surface area contributed by atoms with Crippen LogP contribution in [-0.2, 0) is 21.5 Å². The molecular formula is C17H20N2O2S2. The first-order chi connectivity index (χ1) is 11.2. The van der Waals surface area contributed by atoms with Crippen LogP contribution >= 0.6 is 22.7 Å². The summed E-state index contributed by atoms with van der Waals surface area (Å²) in [5.74, 6) is -1.10. The van der Waals surface area contributed by atoms with Crippen LogP contribution in [0.3, 0.4) is 0 Å². The minimum absolute atomic E-state index is 0.00366. The second-order valence-corrected chi connectivity index (χ2v) is 7.76. The van der Waals surface area contributed by atoms with Gasteiger partial charge in [-0.25, -0.2) is 0 Å². The Morgan fingerprint density at radius 3 is 2.52 bits per heavy atom. The van der Waals surface area contributed by atoms with Gasteiger partial charge in [-0.3, -0.25) is 9.59 Å². The van der Waals surface area contributed by atoms with Crippen molar-refractivity contribution in [2.75, 3.05) is 6.54 Å². The summed E-state index contributed by atoms with van der Waals surface area (Å²) in [6.07, 6.45) is 4.49. The third-order valence-electron chi connectivity index (χ3n) is 4.49. The second kappa shape index (κ2) is 7.27. The first kappa shape index (κ1) is 16.2. The molecule has 0 unspecified atom stereocenters. The highest BCUT2D eigenvalue weighted by atomic mass is 32.1. The topological polar surface area (TPSA) is 58.2 Å². The number of hydrogen-bond acceptors (Lipinski definition) is 4. The maximum absolute atomic E-state index is 12.1. The van der Waals surface area contributed by atoms with Crippen LogP contribution in [0.25, 0.3) is 0 Å². The van der Waals surface area contributed by atoms with E-state index in [0.717, 1.165) is 17.7 Å². The van der Waals surface area contributed by atoms with E-state index >= 15 is 0 Å². The molecule has 4 nitrogen and oxygen atoms in total. The zero-order valence-corrected chi connectivity index (χ0v) is 14.5. The average molecular weight is 348 g/mol. The predicted molar refractivity (Wildman–Crippen MR) is 93.6 cm³/mol. The second-order valence-electron chi connectivity index (χ2n) is 5.94. The van der Waals surface area contributed by atoms with Gasteiger partial charge >= 0.3 is 11.8 Å². The van der Waals surface area contributed by atoms with E-state index in [1.165, 1.54) is 18.4 Å². The molecule has 2 heterocycles. The van der Waals surface area contributed by atoms with Crippen LogP contribution < -0.4 is 10.6 Å². The Kier molecular flexibility index (Phi) is 5.13. The van der Waals surface area contributed by atoms with Crippen molar-refractivity contribution >= 4 is 34.5 Å². The van der Waals surface area contributed by atoms with Gasteiger partial charge in [-0.05, 0) is 46.7 Å². The van der Waals surface area contributed by atoms with Crippen molar-refractivity contribution in [2.45, 2.75) is 37.6 Å². The highest BCUT2D eigenvalue weighted by Gasteiger charge is 2.36. The van der Waals surface area contributed by atoms with Gasteiger partial charge in [0.1, 0.15) is 0 Å². The molecule has 2 aromatic heterocycles. The summed E-state index contributed by atoms with van der Waals surface area (Å²) in [6.45, 7) is 0.939. The molecule has 2 N–H and O–H groups in total. The monoisotopic (exact) mass is 348 g/mol. The molecule has 1 aliphatic rings. The molecule has 1 fully saturated rings. The van der Waals surface area contributed by atoms with Crippen LogP contribution in [0.5, 0.6) is 0 Å². The molecule has 1 aliphatic carbocycles. The minimum Gasteiger partial charge on any atom is -0.347 e. The number of carbonyl (C=O) groups excluding carboxylic acids is 2. The summed E-state index contributed by atoms with van der Waals surface area (Å²) in [4.78, 5) is 25.0. The molecule has 0 atom stereocenters. The van der Waals surface area contributed by atoms with Gasteiger partial charge < -0.3 is 10.6 Å². The van der Waals surface area contributed by atoms with Gasteiger partial charge in [0.05, 0.1) is 6.54 Å². The molecule has 0 bridgehead atoms. The maximum atomic E-state index is 12.1. The molecule has 0 aliphatic heterocycles. The van der Waals surface area contributed by atoms with Crippen LogP contribution in [0.1, 0.15) is 36.1 Å². The van der Waals surface area contributed by atoms with Crippen molar-refractivity contribution in [1.82, 2.24) is 10.6 Å². The smallest absolute Gasteiger partial charge is 0.309 e. The fourth-order valence-corrected chi connectivity index (χ4v) is 4.60. The van der Waals surface area contributed by atoms with Crippen molar-refractivity contribution in [3.63, 3.8) is 0 Å². The van der Waals surface area contributed by atoms with E-state index in [1.807, 2.05) is 17.5 Å². The lowest BCUT2D eigenvalue weighted by atomic mass is 9.80. The van der Waals surface area contributed by atoms with Gasteiger partial charge in [0.2, 0.25) is 0 Å². The SMILES string of the molecule is O=C(NCc1cccs1)C(=O)NCC1(c2ccsc2)CCCC1. The lowest BCUT2D eigenvalue weighted by molar-refractivity contribution is -0.139. The summed E-state index contributed by atoms with van der Waals surface area (Å²) in [6, 6.07) is 6.00. The fraction of sp³-hybridized carbons (Fsp3) is 0.412. The van der Waals surface area contributed by atoms with E-state index in [2.05, 4.69) is 27.5 Å². The Morgan fingerprint density at radius 1 is 1.09 bits per heavy atom. The van der Waals surface area contributed by atoms with Gasteiger partial charge in [0.15, 0.2) is 0 Å². The number of carbonyl (C=O) groups is 2. The quantitative estimate of drug-likeness (QED) is 0.816. The van der Waals surface area contributed by atoms with E-state index in [-0.39, 0.29) is 5.41 Å². The molecule has 1 saturated carbocycles. The zero-order chi connectivity index (χ0) is 16.1. The molecule has 6 heteroatoms. The molecule has 2 aromatic rings. The van der Waals surface area contributed by atoms with Gasteiger partial charge in [-0.1, -0.05) is 18.9 Å². The normalized spacial score (nSPS) is 16.2. The van der Waals surface area contributed by atoms with Crippen LogP contribution in [0.15, 0.2) is 34.3 Å². The highest BCUT2D eigenvalue weighted by molar-refractivity contribution is 7.09. The Morgan fingerprint density at radius 2 is 1.87 bits per heavy atom. The van der Waals surface area contributed by atoms with E-state index in [4.69, 9.17) is 0 Å². The number of thiophene rings is 2. The third-order valence-corrected chi connectivity index (χ3v) is 6.05. The summed E-state index contributed by atoms with van der Waals surface area (Å²) >= 11 is 3.24. The Hall–Kier alpha value is -1.66. The van der Waals surface area contributed by atoms with Crippen molar-refractivity contribution in [3.05, 3.63) is 44.8 Å². The first-order valence-electron chi connectivity index (χ1n) is 7.81. The highest BCUT2D eigenvalue weighted by Crippen LogP contribution is 2.41. The first-order valence-corrected chi connectivity index (χ1v) is 9.63. The number of rotatable bonds is 5. The van der Waals surface area contributed by atoms with E-state index in [0.29, 0.717) is 13.1 Å². The van der Waals surface area contributed by atoms with Crippen LogP contribution in [0.4, 0.5) is 0 Å². The van der Waals surface area contributed by atoms with Crippen molar-refractivity contribution in [2.24, 2.45) is 0 Å². The summed E-state index contributed by atoms with van der Waals surface area (Å²) in [5, 5.41) is 11.7. The molecular weight excluding hydrogens is 328 g/mol. The molecule has 0 saturated heterocycles. The Bertz CT molecular complexity index is 644. The zero-order valence-electron chi connectivity index (χ0n) is 12.8. The average Bonchev–Trinajstić information content (AvgIpc) is 3.32. The van der Waals surface area contributed by atoms with Crippen molar-refractivity contribution in [1.29, 1.82) is 0 Å². The van der Waals surface area contributed by atoms with Gasteiger partial charge in [0.25, 0.3) is 0 Å². The summed E-state index contributed by atoms with van der Waals surface area (Å²) in [5.41, 5.74) is 1.29. The number of nitrogens with one attached hydrogen (secondary N) is 2. The summed E-state index contributed by atoms with van der Waals surface area (Å²) < 4.78 is 0. The Balaban J connectivity index is 1.54. The van der Waals surface area contributed by atoms with E-state index in [1.54, 1.807) is 22.7 Å². The van der Waals surface area contributed by atoms with Gasteiger partial charge in [0, 0.05) is 16.8 Å². The van der Waals surface area contributed by atoms with Crippen LogP contribution in [-0.4, -0.2) is 18.4 Å². The van der Waals surface area contributed by atoms with E-state index in [9.17, 15) is 9.59 Å². The van der Waals surface area contributed by atoms with Crippen molar-refractivity contribution < 1.29 is 9.59 Å². The van der Waals surface area contributed by atoms with E-state index < -0.39 is 11.8 Å². The molecule has 122 valence electrons. The Labute approximate surface area is 143 Å². The third kappa shape index (κ3) is 3.82. The molecule has 0 aromatic carbocycles. The predicted octanol–water partition coefficient (Wildman–Crippen LogP) is 3.05. The van der Waals surface area contributed by atoms with Crippen LogP contribution in [0.2, 0.25) is 0 Å². The molecule has 0 spiro atoms. The number of hydrogen-bond donors (Lipinski definition) is 2. The van der Waals surface area contributed by atoms with Crippen LogP contribution in [0, 0.1) is 0 Å². The maximum Gasteiger partial charge on any atom is 0.309 e. The minimum atomic E-state index is -0.558. The molecule has 0 radical (unpaired) electrons. The van der Waals surface area contributed by atoms with Gasteiger partial charge in [-0.15, -0.1) is 11.3 Å². The largest absolute Gasteiger partial charge is 0.347 e. The standard InChI is InChI=1S/C17H20N2O2S2/c20-15(18-10-14-4-3-8-23-14)16(21)19-12-17(6-1-2-7-17)13-5-9-22-11-13/h3-5,8-9,11H,1-2,6-7,10,12H2,(H,18,20)(H,19,21). The molecule has 3 rings (SSSR count). The van der Waals surface area contributed by atoms with Crippen molar-refractivity contribution in [3.8, 4) is 0 Å². The molecule has 23 heavy (non-hydrogen) atoms. The lowest BCUT2D eigenvalue weighted by Crippen LogP contribution is -2.45. The summed E-state index contributed by atoms with van der Waals surface area (Å²) in [7, 11) is 0. The lowest BCUT2D eigenvalue weighted by Gasteiger charge is -2.28. The number of amides is 2. The fourth-order valence-electron chi connectivity index (χ4n) is 3.18.